The number of carbonyl (C=O) groups is 2. The van der Waals surface area contributed by atoms with Crippen LogP contribution in [0, 0.1) is 6.92 Å². The lowest BCUT2D eigenvalue weighted by molar-refractivity contribution is -0.128. The van der Waals surface area contributed by atoms with Crippen LogP contribution in [0.4, 0.5) is 5.69 Å². The molecular formula is C28H32ClN3O2. The summed E-state index contributed by atoms with van der Waals surface area (Å²) in [4.78, 5) is 28.0. The van der Waals surface area contributed by atoms with Gasteiger partial charge in [0.05, 0.1) is 12.6 Å². The zero-order chi connectivity index (χ0) is 23.4. The van der Waals surface area contributed by atoms with Crippen molar-refractivity contribution in [3.05, 3.63) is 89.5 Å². The number of para-hydroxylation sites is 1. The van der Waals surface area contributed by atoms with Gasteiger partial charge in [-0.05, 0) is 73.7 Å². The highest BCUT2D eigenvalue weighted by atomic mass is 35.5. The van der Waals surface area contributed by atoms with Crippen LogP contribution in [0.2, 0.25) is 0 Å². The second-order valence-electron chi connectivity index (χ2n) is 8.68. The van der Waals surface area contributed by atoms with Crippen molar-refractivity contribution in [2.45, 2.75) is 45.3 Å². The van der Waals surface area contributed by atoms with Crippen LogP contribution in [0.5, 0.6) is 0 Å². The number of aryl methyl sites for hydroxylation is 2. The molecule has 0 bridgehead atoms. The van der Waals surface area contributed by atoms with E-state index < -0.39 is 6.04 Å². The minimum Gasteiger partial charge on any atom is -0.343 e. The molecule has 0 radical (unpaired) electrons. The largest absolute Gasteiger partial charge is 0.343 e. The molecule has 0 aliphatic carbocycles. The van der Waals surface area contributed by atoms with Gasteiger partial charge in [0.1, 0.15) is 6.04 Å². The van der Waals surface area contributed by atoms with Gasteiger partial charge in [0.2, 0.25) is 11.8 Å². The third kappa shape index (κ3) is 5.49. The maximum absolute atomic E-state index is 13.7. The van der Waals surface area contributed by atoms with Crippen LogP contribution in [-0.4, -0.2) is 30.9 Å². The number of anilines is 1. The lowest BCUT2D eigenvalue weighted by atomic mass is 9.98. The third-order valence-corrected chi connectivity index (χ3v) is 6.42. The molecule has 3 aromatic carbocycles. The molecule has 0 fully saturated rings. The fraction of sp³-hybridized carbons (Fsp3) is 0.286. The Morgan fingerprint density at radius 2 is 1.76 bits per heavy atom. The Kier molecular flexibility index (Phi) is 8.48. The Hall–Kier alpha value is -3.15. The van der Waals surface area contributed by atoms with E-state index in [2.05, 4.69) is 54.0 Å². The van der Waals surface area contributed by atoms with E-state index in [9.17, 15) is 9.59 Å². The first-order chi connectivity index (χ1) is 16.0. The van der Waals surface area contributed by atoms with E-state index >= 15 is 0 Å². The first-order valence-electron chi connectivity index (χ1n) is 11.5. The summed E-state index contributed by atoms with van der Waals surface area (Å²) in [6, 6.07) is 23.8. The first-order valence-corrected chi connectivity index (χ1v) is 11.5. The molecular weight excluding hydrogens is 446 g/mol. The van der Waals surface area contributed by atoms with Gasteiger partial charge in [0.25, 0.3) is 0 Å². The number of halogens is 1. The summed E-state index contributed by atoms with van der Waals surface area (Å²) in [7, 11) is 1.74. The van der Waals surface area contributed by atoms with E-state index in [4.69, 9.17) is 0 Å². The van der Waals surface area contributed by atoms with Crippen molar-refractivity contribution in [2.75, 3.05) is 11.9 Å². The molecule has 3 aromatic rings. The molecule has 0 saturated carbocycles. The molecule has 2 amide bonds. The molecule has 0 aromatic heterocycles. The highest BCUT2D eigenvalue weighted by Crippen LogP contribution is 2.30. The molecule has 2 atom stereocenters. The normalized spacial score (nSPS) is 16.1. The summed E-state index contributed by atoms with van der Waals surface area (Å²) in [6.07, 6.45) is 1.32. The van der Waals surface area contributed by atoms with Crippen molar-refractivity contribution in [1.82, 2.24) is 10.6 Å². The minimum absolute atomic E-state index is 0. The van der Waals surface area contributed by atoms with Crippen molar-refractivity contribution >= 4 is 29.9 Å². The second-order valence-corrected chi connectivity index (χ2v) is 8.68. The maximum atomic E-state index is 13.7. The molecule has 1 heterocycles. The molecule has 1 aliphatic heterocycles. The molecule has 1 unspecified atom stereocenters. The van der Waals surface area contributed by atoms with E-state index in [-0.39, 0.29) is 30.3 Å². The summed E-state index contributed by atoms with van der Waals surface area (Å²) in [5, 5.41) is 5.91. The highest BCUT2D eigenvalue weighted by Gasteiger charge is 2.32. The van der Waals surface area contributed by atoms with Crippen molar-refractivity contribution < 1.29 is 9.59 Å². The van der Waals surface area contributed by atoms with E-state index in [1.165, 1.54) is 5.56 Å². The van der Waals surface area contributed by atoms with Crippen LogP contribution in [0.25, 0.3) is 11.1 Å². The average Bonchev–Trinajstić information content (AvgIpc) is 2.97. The zero-order valence-electron chi connectivity index (χ0n) is 19.9. The van der Waals surface area contributed by atoms with E-state index in [1.807, 2.05) is 41.3 Å². The topological polar surface area (TPSA) is 61.4 Å². The Bertz CT molecular complexity index is 1150. The molecule has 2 N–H and O–H groups in total. The number of fused-ring (bicyclic) bond motifs is 1. The quantitative estimate of drug-likeness (QED) is 0.543. The number of benzene rings is 3. The number of amides is 2. The van der Waals surface area contributed by atoms with Crippen LogP contribution in [0.3, 0.4) is 0 Å². The van der Waals surface area contributed by atoms with Gasteiger partial charge in [-0.1, -0.05) is 60.7 Å². The molecule has 178 valence electrons. The second kappa shape index (κ2) is 11.3. The van der Waals surface area contributed by atoms with Gasteiger partial charge in [-0.15, -0.1) is 12.4 Å². The lowest BCUT2D eigenvalue weighted by Gasteiger charge is -2.27. The Morgan fingerprint density at radius 3 is 2.50 bits per heavy atom. The lowest BCUT2D eigenvalue weighted by Crippen LogP contribution is -2.52. The van der Waals surface area contributed by atoms with Gasteiger partial charge in [0, 0.05) is 5.69 Å². The molecule has 0 spiro atoms. The van der Waals surface area contributed by atoms with Crippen molar-refractivity contribution in [2.24, 2.45) is 0 Å². The smallest absolute Gasteiger partial charge is 0.249 e. The summed E-state index contributed by atoms with van der Waals surface area (Å²) in [5.41, 5.74) is 6.61. The van der Waals surface area contributed by atoms with Crippen LogP contribution in [0.1, 0.15) is 30.0 Å². The standard InChI is InChI=1S/C28H31N3O2.ClH/c1-19-13-14-21(17-24(19)22-9-5-4-6-10-22)18-31-26-12-8-7-11-23(26)15-16-25(28(31)33)30-27(32)20(2)29-3;/h4-14,17,20,25,29H,15-16,18H2,1-3H3,(H,30,32);1H/t20?,25-;/m0./s1. The number of hydrogen-bond acceptors (Lipinski definition) is 3. The summed E-state index contributed by atoms with van der Waals surface area (Å²) < 4.78 is 0. The fourth-order valence-corrected chi connectivity index (χ4v) is 4.32. The van der Waals surface area contributed by atoms with Crippen LogP contribution < -0.4 is 15.5 Å². The molecule has 5 nitrogen and oxygen atoms in total. The van der Waals surface area contributed by atoms with Crippen LogP contribution in [-0.2, 0) is 22.6 Å². The van der Waals surface area contributed by atoms with Crippen LogP contribution in [0.15, 0.2) is 72.8 Å². The summed E-state index contributed by atoms with van der Waals surface area (Å²) in [6.45, 7) is 4.34. The molecule has 34 heavy (non-hydrogen) atoms. The van der Waals surface area contributed by atoms with Crippen LogP contribution >= 0.6 is 12.4 Å². The number of rotatable bonds is 6. The number of carbonyl (C=O) groups excluding carboxylic acids is 2. The molecule has 1 aliphatic rings. The maximum Gasteiger partial charge on any atom is 0.249 e. The van der Waals surface area contributed by atoms with Gasteiger partial charge in [-0.3, -0.25) is 9.59 Å². The minimum atomic E-state index is -0.556. The van der Waals surface area contributed by atoms with E-state index in [1.54, 1.807) is 14.0 Å². The van der Waals surface area contributed by atoms with Crippen molar-refractivity contribution in [1.29, 1.82) is 0 Å². The Labute approximate surface area is 208 Å². The van der Waals surface area contributed by atoms with Gasteiger partial charge in [0.15, 0.2) is 0 Å². The van der Waals surface area contributed by atoms with Gasteiger partial charge in [-0.25, -0.2) is 0 Å². The number of nitrogens with zero attached hydrogens (tertiary/aromatic N) is 1. The fourth-order valence-electron chi connectivity index (χ4n) is 4.32. The first kappa shape index (κ1) is 25.5. The summed E-state index contributed by atoms with van der Waals surface area (Å²) in [5.74, 6) is -0.234. The monoisotopic (exact) mass is 477 g/mol. The SMILES string of the molecule is CNC(C)C(=O)N[C@H]1CCc2ccccc2N(Cc2ccc(C)c(-c3ccccc3)c2)C1=O.Cl. The Morgan fingerprint density at radius 1 is 1.06 bits per heavy atom. The summed E-state index contributed by atoms with van der Waals surface area (Å²) >= 11 is 0. The highest BCUT2D eigenvalue weighted by molar-refractivity contribution is 6.00. The van der Waals surface area contributed by atoms with E-state index in [0.29, 0.717) is 13.0 Å². The predicted octanol–water partition coefficient (Wildman–Crippen LogP) is 4.66. The van der Waals surface area contributed by atoms with Crippen molar-refractivity contribution in [3.8, 4) is 11.1 Å². The van der Waals surface area contributed by atoms with Gasteiger partial charge >= 0.3 is 0 Å². The number of nitrogens with one attached hydrogen (secondary N) is 2. The van der Waals surface area contributed by atoms with Crippen molar-refractivity contribution in [3.63, 3.8) is 0 Å². The predicted molar refractivity (Wildman–Crippen MR) is 140 cm³/mol. The molecule has 0 saturated heterocycles. The third-order valence-electron chi connectivity index (χ3n) is 6.42. The molecule has 6 heteroatoms. The van der Waals surface area contributed by atoms with Gasteiger partial charge in [-0.2, -0.15) is 0 Å². The molecule has 4 rings (SSSR count). The number of hydrogen-bond donors (Lipinski definition) is 2. The number of likely N-dealkylation sites (N-methyl/N-ethyl adjacent to an activating group) is 1. The zero-order valence-corrected chi connectivity index (χ0v) is 20.7. The van der Waals surface area contributed by atoms with E-state index in [0.717, 1.165) is 34.4 Å². The van der Waals surface area contributed by atoms with Gasteiger partial charge < -0.3 is 15.5 Å². The average molecular weight is 478 g/mol. The Balaban J connectivity index is 0.00000324.